The lowest BCUT2D eigenvalue weighted by atomic mass is 9.88. The van der Waals surface area contributed by atoms with Gasteiger partial charge in [-0.15, -0.1) is 0 Å². The molecule has 1 heterocycles. The first-order valence-electron chi connectivity index (χ1n) is 9.96. The van der Waals surface area contributed by atoms with E-state index in [4.69, 9.17) is 4.99 Å². The molecule has 2 aliphatic rings. The summed E-state index contributed by atoms with van der Waals surface area (Å²) in [6, 6.07) is 17.5. The van der Waals surface area contributed by atoms with Crippen molar-refractivity contribution in [2.75, 3.05) is 11.9 Å². The summed E-state index contributed by atoms with van der Waals surface area (Å²) in [4.78, 5) is 32.2. The first-order valence-corrected chi connectivity index (χ1v) is 9.96. The van der Waals surface area contributed by atoms with Crippen molar-refractivity contribution in [2.24, 2.45) is 10.9 Å². The van der Waals surface area contributed by atoms with Crippen molar-refractivity contribution < 1.29 is 9.59 Å². The third-order valence-corrected chi connectivity index (χ3v) is 5.65. The lowest BCUT2D eigenvalue weighted by Crippen LogP contribution is -2.48. The minimum absolute atomic E-state index is 0.0205. The van der Waals surface area contributed by atoms with Gasteiger partial charge in [-0.1, -0.05) is 67.8 Å². The van der Waals surface area contributed by atoms with E-state index in [1.165, 1.54) is 6.42 Å². The van der Waals surface area contributed by atoms with Gasteiger partial charge in [-0.05, 0) is 18.9 Å². The highest BCUT2D eigenvalue weighted by Gasteiger charge is 2.32. The molecule has 28 heavy (non-hydrogen) atoms. The van der Waals surface area contributed by atoms with Crippen molar-refractivity contribution in [3.63, 3.8) is 0 Å². The Bertz CT molecular complexity index is 901. The zero-order chi connectivity index (χ0) is 19.5. The van der Waals surface area contributed by atoms with Crippen LogP contribution in [0.1, 0.15) is 43.2 Å². The zero-order valence-electron chi connectivity index (χ0n) is 16.1. The molecule has 1 fully saturated rings. The Labute approximate surface area is 165 Å². The molecule has 1 aliphatic carbocycles. The Morgan fingerprint density at radius 1 is 1.00 bits per heavy atom. The molecule has 0 bridgehead atoms. The molecular weight excluding hydrogens is 350 g/mol. The van der Waals surface area contributed by atoms with Gasteiger partial charge in [0.1, 0.15) is 0 Å². The van der Waals surface area contributed by atoms with Crippen molar-refractivity contribution in [1.82, 2.24) is 5.32 Å². The lowest BCUT2D eigenvalue weighted by molar-refractivity contribution is -0.130. The Hall–Kier alpha value is -2.95. The van der Waals surface area contributed by atoms with Crippen LogP contribution in [0.4, 0.5) is 5.69 Å². The number of nitrogens with zero attached hydrogens (tertiary/aromatic N) is 2. The number of hydrogen-bond acceptors (Lipinski definition) is 3. The summed E-state index contributed by atoms with van der Waals surface area (Å²) in [5, 5.41) is 2.93. The Kier molecular flexibility index (Phi) is 5.24. The number of rotatable bonds is 3. The second kappa shape index (κ2) is 7.97. The molecule has 5 heteroatoms. The summed E-state index contributed by atoms with van der Waals surface area (Å²) >= 11 is 0. The van der Waals surface area contributed by atoms with Crippen LogP contribution in [0.2, 0.25) is 0 Å². The van der Waals surface area contributed by atoms with E-state index >= 15 is 0 Å². The smallest absolute Gasteiger partial charge is 0.272 e. The van der Waals surface area contributed by atoms with Crippen molar-refractivity contribution in [2.45, 2.75) is 38.3 Å². The molecule has 1 aliphatic heterocycles. The van der Waals surface area contributed by atoms with Crippen LogP contribution in [0.15, 0.2) is 59.6 Å². The second-order valence-corrected chi connectivity index (χ2v) is 7.50. The fraction of sp³-hybridized carbons (Fsp3) is 0.348. The monoisotopic (exact) mass is 375 g/mol. The van der Waals surface area contributed by atoms with Crippen molar-refractivity contribution in [3.8, 4) is 0 Å². The second-order valence-electron chi connectivity index (χ2n) is 7.50. The predicted octanol–water partition coefficient (Wildman–Crippen LogP) is 3.52. The van der Waals surface area contributed by atoms with Crippen LogP contribution in [0.25, 0.3) is 0 Å². The van der Waals surface area contributed by atoms with Gasteiger partial charge in [-0.3, -0.25) is 9.59 Å². The fourth-order valence-corrected chi connectivity index (χ4v) is 4.06. The van der Waals surface area contributed by atoms with E-state index < -0.39 is 6.17 Å². The number of anilines is 1. The number of likely N-dealkylation sites (N-methyl/N-ethyl adjacent to an activating group) is 1. The third kappa shape index (κ3) is 3.57. The van der Waals surface area contributed by atoms with Crippen LogP contribution in [0, 0.1) is 5.92 Å². The quantitative estimate of drug-likeness (QED) is 0.892. The summed E-state index contributed by atoms with van der Waals surface area (Å²) in [6.45, 7) is 0. The van der Waals surface area contributed by atoms with E-state index in [0.29, 0.717) is 0 Å². The number of amides is 2. The topological polar surface area (TPSA) is 61.8 Å². The standard InChI is InChI=1S/C23H25N3O2/c1-26-19-15-9-8-14-18(19)20(16-10-4-2-5-11-16)24-21(23(26)28)25-22(27)17-12-6-3-7-13-17/h2,4-5,8-11,14-15,17,21H,3,6-7,12-13H2,1H3,(H,25,27)/t21-/m0/s1. The van der Waals surface area contributed by atoms with Crippen LogP contribution in [0.3, 0.4) is 0 Å². The van der Waals surface area contributed by atoms with E-state index in [2.05, 4.69) is 5.32 Å². The average molecular weight is 375 g/mol. The van der Waals surface area contributed by atoms with Crippen LogP contribution in [-0.2, 0) is 9.59 Å². The Balaban J connectivity index is 1.72. The summed E-state index contributed by atoms with van der Waals surface area (Å²) in [5.41, 5.74) is 3.33. The molecule has 1 N–H and O–H groups in total. The van der Waals surface area contributed by atoms with E-state index in [1.807, 2.05) is 54.6 Å². The first-order chi connectivity index (χ1) is 13.6. The SMILES string of the molecule is CN1C(=O)[C@H](NC(=O)C2CCCCC2)N=C(c2ccccc2)c2ccccc21. The highest BCUT2D eigenvalue weighted by molar-refractivity contribution is 6.20. The minimum Gasteiger partial charge on any atom is -0.326 e. The molecule has 0 aromatic heterocycles. The lowest BCUT2D eigenvalue weighted by Gasteiger charge is -2.24. The highest BCUT2D eigenvalue weighted by atomic mass is 16.2. The number of para-hydroxylation sites is 1. The molecule has 2 amide bonds. The zero-order valence-corrected chi connectivity index (χ0v) is 16.1. The molecule has 0 spiro atoms. The normalized spacial score (nSPS) is 20.2. The molecule has 2 aromatic carbocycles. The Morgan fingerprint density at radius 3 is 2.43 bits per heavy atom. The highest BCUT2D eigenvalue weighted by Crippen LogP contribution is 2.28. The van der Waals surface area contributed by atoms with Gasteiger partial charge in [0.2, 0.25) is 12.1 Å². The molecule has 4 rings (SSSR count). The van der Waals surface area contributed by atoms with Crippen LogP contribution >= 0.6 is 0 Å². The number of nitrogens with one attached hydrogen (secondary N) is 1. The summed E-state index contributed by atoms with van der Waals surface area (Å²) in [6.07, 6.45) is 4.18. The van der Waals surface area contributed by atoms with Gasteiger partial charge in [0.05, 0.1) is 11.4 Å². The minimum atomic E-state index is -0.915. The maximum absolute atomic E-state index is 13.1. The molecule has 0 saturated heterocycles. The fourth-order valence-electron chi connectivity index (χ4n) is 4.06. The van der Waals surface area contributed by atoms with Gasteiger partial charge >= 0.3 is 0 Å². The van der Waals surface area contributed by atoms with Gasteiger partial charge in [0.25, 0.3) is 5.91 Å². The number of hydrogen-bond donors (Lipinski definition) is 1. The van der Waals surface area contributed by atoms with Crippen molar-refractivity contribution in [3.05, 3.63) is 65.7 Å². The number of fused-ring (bicyclic) bond motifs is 1. The van der Waals surface area contributed by atoms with Crippen LogP contribution in [0.5, 0.6) is 0 Å². The largest absolute Gasteiger partial charge is 0.326 e. The maximum Gasteiger partial charge on any atom is 0.272 e. The number of benzene rings is 2. The van der Waals surface area contributed by atoms with Gasteiger partial charge < -0.3 is 10.2 Å². The molecule has 1 atom stereocenters. The number of carbonyl (C=O) groups is 2. The van der Waals surface area contributed by atoms with E-state index in [9.17, 15) is 9.59 Å². The van der Waals surface area contributed by atoms with Crippen molar-refractivity contribution >= 4 is 23.2 Å². The molecule has 0 unspecified atom stereocenters. The van der Waals surface area contributed by atoms with E-state index in [0.717, 1.165) is 48.2 Å². The molecule has 0 radical (unpaired) electrons. The van der Waals surface area contributed by atoms with Gasteiger partial charge in [-0.2, -0.15) is 0 Å². The predicted molar refractivity (Wildman–Crippen MR) is 110 cm³/mol. The van der Waals surface area contributed by atoms with Gasteiger partial charge in [0, 0.05) is 24.1 Å². The number of benzodiazepines with no additional fused rings is 1. The summed E-state index contributed by atoms with van der Waals surface area (Å²) < 4.78 is 0. The maximum atomic E-state index is 13.1. The average Bonchev–Trinajstić information content (AvgIpc) is 2.86. The Morgan fingerprint density at radius 2 is 1.68 bits per heavy atom. The van der Waals surface area contributed by atoms with Crippen LogP contribution < -0.4 is 10.2 Å². The molecular formula is C23H25N3O2. The van der Waals surface area contributed by atoms with Gasteiger partial charge in [0.15, 0.2) is 0 Å². The van der Waals surface area contributed by atoms with E-state index in [1.54, 1.807) is 11.9 Å². The van der Waals surface area contributed by atoms with E-state index in [-0.39, 0.29) is 17.7 Å². The van der Waals surface area contributed by atoms with Gasteiger partial charge in [-0.25, -0.2) is 4.99 Å². The molecule has 5 nitrogen and oxygen atoms in total. The molecule has 144 valence electrons. The summed E-state index contributed by atoms with van der Waals surface area (Å²) in [7, 11) is 1.74. The number of carbonyl (C=O) groups excluding carboxylic acids is 2. The van der Waals surface area contributed by atoms with Crippen LogP contribution in [-0.4, -0.2) is 30.7 Å². The summed E-state index contributed by atoms with van der Waals surface area (Å²) in [5.74, 6) is -0.302. The third-order valence-electron chi connectivity index (χ3n) is 5.65. The first kappa shape index (κ1) is 18.4. The van der Waals surface area contributed by atoms with Crippen molar-refractivity contribution in [1.29, 1.82) is 0 Å². The number of aliphatic imine (C=N–C) groups is 1. The molecule has 1 saturated carbocycles. The molecule has 2 aromatic rings.